The van der Waals surface area contributed by atoms with Gasteiger partial charge >= 0.3 is 0 Å². The average Bonchev–Trinajstić information content (AvgIpc) is 2.41. The van der Waals surface area contributed by atoms with Gasteiger partial charge in [0, 0.05) is 21.7 Å². The number of halogens is 2. The summed E-state index contributed by atoms with van der Waals surface area (Å²) >= 11 is 9.10. The molecule has 0 radical (unpaired) electrons. The molecule has 0 aliphatic heterocycles. The molecule has 0 aliphatic carbocycles. The Hall–Kier alpha value is -1.04. The van der Waals surface area contributed by atoms with Gasteiger partial charge in [-0.15, -0.1) is 0 Å². The minimum atomic E-state index is -3.29. The molecule has 20 heavy (non-hydrogen) atoms. The van der Waals surface area contributed by atoms with Crippen molar-refractivity contribution < 1.29 is 8.42 Å². The van der Waals surface area contributed by atoms with Crippen molar-refractivity contribution in [3.63, 3.8) is 0 Å². The van der Waals surface area contributed by atoms with Gasteiger partial charge in [0.2, 0.25) is 0 Å². The van der Waals surface area contributed by atoms with E-state index in [0.717, 1.165) is 10.2 Å². The summed E-state index contributed by atoms with van der Waals surface area (Å²) in [6.07, 6.45) is 0. The van der Waals surface area contributed by atoms with Crippen LogP contribution in [0.5, 0.6) is 0 Å². The fourth-order valence-corrected chi connectivity index (χ4v) is 3.20. The van der Waals surface area contributed by atoms with Gasteiger partial charge in [0.05, 0.1) is 10.6 Å². The van der Waals surface area contributed by atoms with Crippen LogP contribution in [-0.4, -0.2) is 20.7 Å². The summed E-state index contributed by atoms with van der Waals surface area (Å²) in [4.78, 5) is 0.291. The van der Waals surface area contributed by atoms with E-state index in [1.165, 1.54) is 12.1 Å². The topological polar surface area (TPSA) is 46.2 Å². The lowest BCUT2D eigenvalue weighted by atomic mass is 10.3. The quantitative estimate of drug-likeness (QED) is 0.861. The minimum absolute atomic E-state index is 0.0324. The van der Waals surface area contributed by atoms with Gasteiger partial charge in [0.1, 0.15) is 0 Å². The van der Waals surface area contributed by atoms with E-state index in [1.807, 2.05) is 24.3 Å². The van der Waals surface area contributed by atoms with Crippen molar-refractivity contribution in [2.24, 2.45) is 0 Å². The van der Waals surface area contributed by atoms with Crippen LogP contribution >= 0.6 is 27.5 Å². The molecule has 0 bridgehead atoms. The van der Waals surface area contributed by atoms with Gasteiger partial charge in [0.25, 0.3) is 0 Å². The van der Waals surface area contributed by atoms with E-state index < -0.39 is 9.84 Å². The molecule has 0 spiro atoms. The molecule has 0 atom stereocenters. The van der Waals surface area contributed by atoms with E-state index in [4.69, 9.17) is 11.6 Å². The molecule has 0 aliphatic rings. The third-order valence-electron chi connectivity index (χ3n) is 2.72. The average molecular weight is 375 g/mol. The lowest BCUT2D eigenvalue weighted by Crippen LogP contribution is -2.15. The van der Waals surface area contributed by atoms with Crippen molar-refractivity contribution in [3.05, 3.63) is 58.0 Å². The van der Waals surface area contributed by atoms with Gasteiger partial charge < -0.3 is 5.32 Å². The molecule has 1 N–H and O–H groups in total. The van der Waals surface area contributed by atoms with E-state index in [-0.39, 0.29) is 5.75 Å². The maximum Gasteiger partial charge on any atom is 0.180 e. The summed E-state index contributed by atoms with van der Waals surface area (Å²) in [7, 11) is -3.29. The van der Waals surface area contributed by atoms with Crippen LogP contribution < -0.4 is 5.32 Å². The van der Waals surface area contributed by atoms with Crippen LogP contribution in [0.3, 0.4) is 0 Å². The number of hydrogen-bond donors (Lipinski definition) is 1. The smallest absolute Gasteiger partial charge is 0.180 e. The van der Waals surface area contributed by atoms with Gasteiger partial charge in [-0.05, 0) is 48.5 Å². The van der Waals surface area contributed by atoms with Gasteiger partial charge in [-0.3, -0.25) is 0 Å². The SMILES string of the molecule is O=S(=O)(CCNc1ccc(Br)cc1)c1ccc(Cl)cc1. The maximum absolute atomic E-state index is 12.1. The third-order valence-corrected chi connectivity index (χ3v) is 5.23. The molecule has 2 aromatic carbocycles. The van der Waals surface area contributed by atoms with Crippen molar-refractivity contribution in [1.82, 2.24) is 0 Å². The number of sulfone groups is 1. The molecule has 0 saturated heterocycles. The zero-order valence-electron chi connectivity index (χ0n) is 10.5. The first-order chi connectivity index (χ1) is 9.47. The predicted octanol–water partition coefficient (Wildman–Crippen LogP) is 3.99. The first kappa shape index (κ1) is 15.4. The predicted molar refractivity (Wildman–Crippen MR) is 86.1 cm³/mol. The van der Waals surface area contributed by atoms with E-state index >= 15 is 0 Å². The first-order valence-corrected chi connectivity index (χ1v) is 8.77. The Labute approximate surface area is 132 Å². The summed E-state index contributed by atoms with van der Waals surface area (Å²) in [5.41, 5.74) is 0.888. The van der Waals surface area contributed by atoms with E-state index in [1.54, 1.807) is 12.1 Å². The molecule has 2 rings (SSSR count). The first-order valence-electron chi connectivity index (χ1n) is 5.95. The molecule has 2 aromatic rings. The Balaban J connectivity index is 1.96. The zero-order valence-corrected chi connectivity index (χ0v) is 13.7. The molecule has 3 nitrogen and oxygen atoms in total. The summed E-state index contributed by atoms with van der Waals surface area (Å²) in [5, 5.41) is 3.61. The minimum Gasteiger partial charge on any atom is -0.384 e. The van der Waals surface area contributed by atoms with Gasteiger partial charge in [0.15, 0.2) is 9.84 Å². The zero-order chi connectivity index (χ0) is 14.6. The largest absolute Gasteiger partial charge is 0.384 e. The second-order valence-corrected chi connectivity index (χ2v) is 7.67. The second-order valence-electron chi connectivity index (χ2n) is 4.21. The van der Waals surface area contributed by atoms with Crippen molar-refractivity contribution in [2.75, 3.05) is 17.6 Å². The summed E-state index contributed by atoms with van der Waals surface area (Å²) in [6.45, 7) is 0.354. The highest BCUT2D eigenvalue weighted by Crippen LogP contribution is 2.16. The van der Waals surface area contributed by atoms with Gasteiger partial charge in [-0.1, -0.05) is 27.5 Å². The van der Waals surface area contributed by atoms with E-state index in [0.29, 0.717) is 16.5 Å². The maximum atomic E-state index is 12.1. The van der Waals surface area contributed by atoms with Crippen molar-refractivity contribution in [2.45, 2.75) is 4.90 Å². The van der Waals surface area contributed by atoms with Crippen LogP contribution in [0.2, 0.25) is 5.02 Å². The molecule has 106 valence electrons. The number of rotatable bonds is 5. The highest BCUT2D eigenvalue weighted by Gasteiger charge is 2.13. The monoisotopic (exact) mass is 373 g/mol. The van der Waals surface area contributed by atoms with Gasteiger partial charge in [-0.25, -0.2) is 8.42 Å². The second kappa shape index (κ2) is 6.61. The Morgan fingerprint density at radius 3 is 2.20 bits per heavy atom. The van der Waals surface area contributed by atoms with Crippen LogP contribution in [0.1, 0.15) is 0 Å². The van der Waals surface area contributed by atoms with Crippen LogP contribution in [0.4, 0.5) is 5.69 Å². The molecule has 0 saturated carbocycles. The number of benzene rings is 2. The normalized spacial score (nSPS) is 11.3. The number of nitrogens with one attached hydrogen (secondary N) is 1. The number of anilines is 1. The molecule has 0 aromatic heterocycles. The highest BCUT2D eigenvalue weighted by atomic mass is 79.9. The molecule has 0 fully saturated rings. The van der Waals surface area contributed by atoms with E-state index in [2.05, 4.69) is 21.2 Å². The Bertz CT molecular complexity index is 669. The Morgan fingerprint density at radius 1 is 1.00 bits per heavy atom. The molecule has 0 amide bonds. The van der Waals surface area contributed by atoms with Crippen LogP contribution in [0.25, 0.3) is 0 Å². The van der Waals surface area contributed by atoms with Crippen LogP contribution in [-0.2, 0) is 9.84 Å². The third kappa shape index (κ3) is 4.23. The number of hydrogen-bond acceptors (Lipinski definition) is 3. The van der Waals surface area contributed by atoms with Gasteiger partial charge in [-0.2, -0.15) is 0 Å². The lowest BCUT2D eigenvalue weighted by Gasteiger charge is -2.07. The fraction of sp³-hybridized carbons (Fsp3) is 0.143. The Morgan fingerprint density at radius 2 is 1.60 bits per heavy atom. The standard InChI is InChI=1S/C14H13BrClNO2S/c15-11-1-5-13(6-2-11)17-9-10-20(18,19)14-7-3-12(16)4-8-14/h1-8,17H,9-10H2. The molecule has 6 heteroatoms. The molecular formula is C14H13BrClNO2S. The summed E-state index contributed by atoms with van der Waals surface area (Å²) in [5.74, 6) is 0.0324. The van der Waals surface area contributed by atoms with Crippen molar-refractivity contribution >= 4 is 43.1 Å². The molecular weight excluding hydrogens is 362 g/mol. The van der Waals surface area contributed by atoms with Crippen LogP contribution in [0, 0.1) is 0 Å². The summed E-state index contributed by atoms with van der Waals surface area (Å²) in [6, 6.07) is 13.8. The fourth-order valence-electron chi connectivity index (χ4n) is 1.66. The summed E-state index contributed by atoms with van der Waals surface area (Å²) < 4.78 is 25.2. The lowest BCUT2D eigenvalue weighted by molar-refractivity contribution is 0.596. The van der Waals surface area contributed by atoms with Crippen molar-refractivity contribution in [1.29, 1.82) is 0 Å². The Kier molecular flexibility index (Phi) is 5.07. The van der Waals surface area contributed by atoms with Crippen LogP contribution in [0.15, 0.2) is 57.9 Å². The molecule has 0 unspecified atom stereocenters. The molecule has 0 heterocycles. The van der Waals surface area contributed by atoms with E-state index in [9.17, 15) is 8.42 Å². The van der Waals surface area contributed by atoms with Crippen molar-refractivity contribution in [3.8, 4) is 0 Å². The highest BCUT2D eigenvalue weighted by molar-refractivity contribution is 9.10.